The number of aryl methyl sites for hydroxylation is 1. The van der Waals surface area contributed by atoms with Gasteiger partial charge in [0.05, 0.1) is 5.92 Å². The van der Waals surface area contributed by atoms with Crippen molar-refractivity contribution in [2.75, 3.05) is 6.54 Å². The molecule has 1 N–H and O–H groups in total. The quantitative estimate of drug-likeness (QED) is 0.913. The van der Waals surface area contributed by atoms with Gasteiger partial charge >= 0.3 is 5.97 Å². The Hall–Kier alpha value is -1.84. The minimum absolute atomic E-state index is 0.0347. The van der Waals surface area contributed by atoms with Crippen LogP contribution in [-0.4, -0.2) is 34.5 Å². The number of hydrogen-bond acceptors (Lipinski definition) is 2. The van der Waals surface area contributed by atoms with E-state index in [0.717, 1.165) is 25.7 Å². The van der Waals surface area contributed by atoms with E-state index in [4.69, 9.17) is 0 Å². The molecule has 23 heavy (non-hydrogen) atoms. The Morgan fingerprint density at radius 1 is 1.30 bits per heavy atom. The third-order valence-electron chi connectivity index (χ3n) is 6.35. The molecule has 1 aliphatic heterocycles. The fraction of sp³-hybridized carbons (Fsp3) is 0.579. The predicted molar refractivity (Wildman–Crippen MR) is 86.1 cm³/mol. The van der Waals surface area contributed by atoms with Crippen LogP contribution in [0.3, 0.4) is 0 Å². The van der Waals surface area contributed by atoms with E-state index in [-0.39, 0.29) is 23.3 Å². The normalized spacial score (nSPS) is 35.2. The van der Waals surface area contributed by atoms with Gasteiger partial charge in [0.15, 0.2) is 0 Å². The number of carboxylic acid groups (broad SMARTS) is 1. The summed E-state index contributed by atoms with van der Waals surface area (Å²) in [4.78, 5) is 26.1. The molecule has 2 fully saturated rings. The lowest BCUT2D eigenvalue weighted by Gasteiger charge is -2.29. The molecule has 0 aromatic heterocycles. The first-order valence-electron chi connectivity index (χ1n) is 8.66. The Labute approximate surface area is 136 Å². The smallest absolute Gasteiger partial charge is 0.308 e. The highest BCUT2D eigenvalue weighted by Crippen LogP contribution is 2.61. The van der Waals surface area contributed by atoms with E-state index in [9.17, 15) is 14.7 Å². The number of nitrogens with zero attached hydrogens (tertiary/aromatic N) is 1. The van der Waals surface area contributed by atoms with Crippen LogP contribution in [0.5, 0.6) is 0 Å². The highest BCUT2D eigenvalue weighted by Gasteiger charge is 2.61. The molecule has 4 rings (SSSR count). The topological polar surface area (TPSA) is 57.6 Å². The fourth-order valence-corrected chi connectivity index (χ4v) is 4.94. The average molecular weight is 313 g/mol. The molecule has 3 aliphatic rings. The molecule has 4 atom stereocenters. The largest absolute Gasteiger partial charge is 0.481 e. The van der Waals surface area contributed by atoms with E-state index >= 15 is 0 Å². The van der Waals surface area contributed by atoms with Gasteiger partial charge in [-0.25, -0.2) is 0 Å². The summed E-state index contributed by atoms with van der Waals surface area (Å²) in [5.41, 5.74) is 2.80. The van der Waals surface area contributed by atoms with Crippen LogP contribution < -0.4 is 0 Å². The van der Waals surface area contributed by atoms with E-state index in [1.165, 1.54) is 11.1 Å². The lowest BCUT2D eigenvalue weighted by Crippen LogP contribution is -2.40. The number of hydrogen-bond donors (Lipinski definition) is 1. The highest BCUT2D eigenvalue weighted by atomic mass is 16.4. The summed E-state index contributed by atoms with van der Waals surface area (Å²) in [7, 11) is 0. The molecular weight excluding hydrogens is 290 g/mol. The molecule has 1 aromatic carbocycles. The Bertz CT molecular complexity index is 670. The number of rotatable bonds is 2. The second-order valence-electron chi connectivity index (χ2n) is 7.43. The summed E-state index contributed by atoms with van der Waals surface area (Å²) in [6.45, 7) is 2.47. The number of fused-ring (bicyclic) bond motifs is 2. The molecule has 1 amide bonds. The Morgan fingerprint density at radius 2 is 2.09 bits per heavy atom. The third kappa shape index (κ3) is 2.11. The molecule has 122 valence electrons. The van der Waals surface area contributed by atoms with Crippen molar-refractivity contribution in [2.45, 2.75) is 50.5 Å². The van der Waals surface area contributed by atoms with E-state index in [0.29, 0.717) is 13.0 Å². The molecule has 0 bridgehead atoms. The van der Waals surface area contributed by atoms with Crippen molar-refractivity contribution in [3.8, 4) is 0 Å². The van der Waals surface area contributed by atoms with Crippen LogP contribution in [0.25, 0.3) is 0 Å². The average Bonchev–Trinajstić information content (AvgIpc) is 3.11. The van der Waals surface area contributed by atoms with Gasteiger partial charge < -0.3 is 10.0 Å². The second kappa shape index (κ2) is 5.08. The van der Waals surface area contributed by atoms with Gasteiger partial charge in [0, 0.05) is 23.9 Å². The van der Waals surface area contributed by atoms with Gasteiger partial charge in [0.2, 0.25) is 5.91 Å². The number of aliphatic carboxylic acids is 1. The summed E-state index contributed by atoms with van der Waals surface area (Å²) in [5, 5.41) is 9.27. The Morgan fingerprint density at radius 3 is 2.83 bits per heavy atom. The fourth-order valence-electron chi connectivity index (χ4n) is 4.94. The Balaban J connectivity index is 1.56. The molecule has 1 saturated carbocycles. The predicted octanol–water partition coefficient (Wildman–Crippen LogP) is 2.60. The first-order valence-corrected chi connectivity index (χ1v) is 8.66. The molecule has 4 unspecified atom stereocenters. The van der Waals surface area contributed by atoms with Crippen molar-refractivity contribution >= 4 is 11.9 Å². The number of carboxylic acids is 1. The number of benzene rings is 1. The molecule has 1 spiro atoms. The third-order valence-corrected chi connectivity index (χ3v) is 6.35. The number of likely N-dealkylation sites (tertiary alicyclic amines) is 1. The van der Waals surface area contributed by atoms with Crippen molar-refractivity contribution < 1.29 is 14.7 Å². The molecule has 4 nitrogen and oxygen atoms in total. The summed E-state index contributed by atoms with van der Waals surface area (Å²) in [6.07, 6.45) is 4.86. The van der Waals surface area contributed by atoms with Crippen molar-refractivity contribution in [2.24, 2.45) is 11.8 Å². The summed E-state index contributed by atoms with van der Waals surface area (Å²) in [5.74, 6) is -0.953. The maximum atomic E-state index is 13.0. The van der Waals surface area contributed by atoms with Crippen LogP contribution in [0.2, 0.25) is 0 Å². The minimum Gasteiger partial charge on any atom is -0.481 e. The van der Waals surface area contributed by atoms with Crippen LogP contribution in [-0.2, 0) is 21.4 Å². The van der Waals surface area contributed by atoms with Crippen molar-refractivity contribution in [1.29, 1.82) is 0 Å². The second-order valence-corrected chi connectivity index (χ2v) is 7.43. The number of carbonyl (C=O) groups excluding carboxylic acids is 1. The highest BCUT2D eigenvalue weighted by molar-refractivity contribution is 5.86. The van der Waals surface area contributed by atoms with E-state index in [1.807, 2.05) is 11.8 Å². The summed E-state index contributed by atoms with van der Waals surface area (Å²) in [6, 6.07) is 8.35. The van der Waals surface area contributed by atoms with Crippen LogP contribution in [0.15, 0.2) is 24.3 Å². The van der Waals surface area contributed by atoms with Crippen LogP contribution in [0.1, 0.15) is 43.7 Å². The number of carbonyl (C=O) groups is 2. The zero-order chi connectivity index (χ0) is 16.2. The standard InChI is InChI=1S/C19H23NO3/c1-12-14(18(22)23)8-10-20(12)17(21)16-11-19(16)9-4-6-13-5-2-3-7-15(13)19/h2-3,5,7,12,14,16H,4,6,8-11H2,1H3,(H,22,23). The molecule has 1 saturated heterocycles. The van der Waals surface area contributed by atoms with E-state index in [1.54, 1.807) is 0 Å². The minimum atomic E-state index is -0.777. The van der Waals surface area contributed by atoms with Gasteiger partial charge in [-0.2, -0.15) is 0 Å². The SMILES string of the molecule is CC1C(C(=O)O)CCN1C(=O)C1CC12CCCc1ccccc12. The zero-order valence-corrected chi connectivity index (χ0v) is 13.5. The molecule has 1 aromatic rings. The van der Waals surface area contributed by atoms with Crippen LogP contribution >= 0.6 is 0 Å². The van der Waals surface area contributed by atoms with Gasteiger partial charge in [-0.3, -0.25) is 9.59 Å². The molecule has 2 aliphatic carbocycles. The molecular formula is C19H23NO3. The lowest BCUT2D eigenvalue weighted by atomic mass is 9.78. The first kappa shape index (κ1) is 14.7. The zero-order valence-electron chi connectivity index (χ0n) is 13.5. The molecule has 4 heteroatoms. The van der Waals surface area contributed by atoms with E-state index in [2.05, 4.69) is 24.3 Å². The molecule has 0 radical (unpaired) electrons. The van der Waals surface area contributed by atoms with Crippen LogP contribution in [0, 0.1) is 11.8 Å². The van der Waals surface area contributed by atoms with Crippen molar-refractivity contribution in [3.05, 3.63) is 35.4 Å². The summed E-state index contributed by atoms with van der Waals surface area (Å²) >= 11 is 0. The Kier molecular flexibility index (Phi) is 3.26. The maximum Gasteiger partial charge on any atom is 0.308 e. The monoisotopic (exact) mass is 313 g/mol. The van der Waals surface area contributed by atoms with Gasteiger partial charge in [-0.15, -0.1) is 0 Å². The van der Waals surface area contributed by atoms with Crippen molar-refractivity contribution in [1.82, 2.24) is 4.90 Å². The van der Waals surface area contributed by atoms with Gasteiger partial charge in [-0.05, 0) is 50.2 Å². The van der Waals surface area contributed by atoms with Gasteiger partial charge in [0.25, 0.3) is 0 Å². The van der Waals surface area contributed by atoms with Crippen molar-refractivity contribution in [3.63, 3.8) is 0 Å². The van der Waals surface area contributed by atoms with E-state index < -0.39 is 11.9 Å². The first-order chi connectivity index (χ1) is 11.0. The maximum absolute atomic E-state index is 13.0. The van der Waals surface area contributed by atoms with Gasteiger partial charge in [-0.1, -0.05) is 24.3 Å². The summed E-state index contributed by atoms with van der Waals surface area (Å²) < 4.78 is 0. The van der Waals surface area contributed by atoms with Gasteiger partial charge in [0.1, 0.15) is 0 Å². The molecule has 1 heterocycles. The lowest BCUT2D eigenvalue weighted by molar-refractivity contribution is -0.143. The van der Waals surface area contributed by atoms with Crippen LogP contribution in [0.4, 0.5) is 0 Å². The number of amides is 1.